The van der Waals surface area contributed by atoms with Crippen molar-refractivity contribution in [2.75, 3.05) is 20.3 Å². The third kappa shape index (κ3) is 8.85. The molecule has 12 heteroatoms. The van der Waals surface area contributed by atoms with Crippen molar-refractivity contribution in [1.29, 1.82) is 5.41 Å². The molecule has 0 fully saturated rings. The number of ether oxygens (including phenoxy) is 3. The van der Waals surface area contributed by atoms with Crippen molar-refractivity contribution in [2.24, 2.45) is 5.16 Å². The molecular weight excluding hydrogens is 493 g/mol. The molecular formula is C23H22ClF3N2O6. The predicted octanol–water partition coefficient (Wildman–Crippen LogP) is 5.34. The molecule has 0 unspecified atom stereocenters. The smallest absolute Gasteiger partial charge is 0.495 e. The van der Waals surface area contributed by atoms with Crippen LogP contribution in [0, 0.1) is 5.41 Å². The normalized spacial score (nSPS) is 12.2. The van der Waals surface area contributed by atoms with E-state index in [1.165, 1.54) is 37.6 Å². The third-order valence-corrected chi connectivity index (χ3v) is 4.54. The van der Waals surface area contributed by atoms with Gasteiger partial charge in [-0.3, -0.25) is 4.79 Å². The molecule has 0 bridgehead atoms. The summed E-state index contributed by atoms with van der Waals surface area (Å²) in [6, 6.07) is 9.35. The Bertz CT molecular complexity index is 1100. The number of carboxylic acid groups (broad SMARTS) is 1. The van der Waals surface area contributed by atoms with Crippen molar-refractivity contribution in [2.45, 2.75) is 19.7 Å². The second kappa shape index (κ2) is 12.7. The van der Waals surface area contributed by atoms with Gasteiger partial charge in [0, 0.05) is 5.56 Å². The van der Waals surface area contributed by atoms with Crippen LogP contribution < -0.4 is 9.47 Å². The predicted molar refractivity (Wildman–Crippen MR) is 123 cm³/mol. The van der Waals surface area contributed by atoms with Gasteiger partial charge in [-0.15, -0.1) is 13.2 Å². The summed E-state index contributed by atoms with van der Waals surface area (Å²) in [5.41, 5.74) is 0.797. The largest absolute Gasteiger partial charge is 0.573 e. The number of hydrogen-bond acceptors (Lipinski definition) is 7. The maximum atomic E-state index is 12.4. The number of benzene rings is 2. The zero-order chi connectivity index (χ0) is 26.0. The van der Waals surface area contributed by atoms with Crippen LogP contribution in [0.25, 0.3) is 5.76 Å². The first-order valence-corrected chi connectivity index (χ1v) is 10.4. The first-order chi connectivity index (χ1) is 16.5. The molecule has 0 saturated heterocycles. The maximum Gasteiger partial charge on any atom is 0.573 e. The molecule has 0 heterocycles. The topological polar surface area (TPSA) is 110 Å². The fraction of sp³-hybridized carbons (Fsp3) is 0.261. The highest BCUT2D eigenvalue weighted by molar-refractivity contribution is 6.32. The van der Waals surface area contributed by atoms with E-state index in [1.807, 2.05) is 0 Å². The zero-order valence-electron chi connectivity index (χ0n) is 18.7. The Hall–Kier alpha value is -3.73. The molecule has 0 spiro atoms. The first kappa shape index (κ1) is 27.5. The van der Waals surface area contributed by atoms with Gasteiger partial charge in [0.2, 0.25) is 0 Å². The van der Waals surface area contributed by atoms with Gasteiger partial charge >= 0.3 is 12.3 Å². The summed E-state index contributed by atoms with van der Waals surface area (Å²) in [7, 11) is 1.32. The fourth-order valence-electron chi connectivity index (χ4n) is 2.80. The number of hydrogen-bond donors (Lipinski definition) is 2. The summed E-state index contributed by atoms with van der Waals surface area (Å²) in [5.74, 6) is -1.16. The van der Waals surface area contributed by atoms with Gasteiger partial charge in [-0.25, -0.2) is 0 Å². The van der Waals surface area contributed by atoms with Crippen molar-refractivity contribution >= 4 is 35.3 Å². The van der Waals surface area contributed by atoms with Crippen molar-refractivity contribution in [3.63, 3.8) is 0 Å². The minimum atomic E-state index is -4.83. The summed E-state index contributed by atoms with van der Waals surface area (Å²) < 4.78 is 52.3. The molecule has 35 heavy (non-hydrogen) atoms. The van der Waals surface area contributed by atoms with Crippen LogP contribution in [0.3, 0.4) is 0 Å². The molecule has 0 radical (unpaired) electrons. The molecule has 2 aromatic carbocycles. The summed E-state index contributed by atoms with van der Waals surface area (Å²) in [4.78, 5) is 15.9. The molecule has 2 rings (SSSR count). The van der Waals surface area contributed by atoms with Crippen molar-refractivity contribution in [1.82, 2.24) is 0 Å². The second-order valence-corrected chi connectivity index (χ2v) is 7.18. The van der Waals surface area contributed by atoms with Crippen LogP contribution in [-0.4, -0.2) is 49.7 Å². The molecule has 0 aromatic heterocycles. The molecule has 0 amide bonds. The van der Waals surface area contributed by atoms with Gasteiger partial charge in [-0.2, -0.15) is 0 Å². The Kier molecular flexibility index (Phi) is 9.95. The van der Waals surface area contributed by atoms with Gasteiger partial charge in [0.25, 0.3) is 0 Å². The first-order valence-electron chi connectivity index (χ1n) is 10.0. The Morgan fingerprint density at radius 3 is 2.46 bits per heavy atom. The van der Waals surface area contributed by atoms with Crippen LogP contribution >= 0.6 is 11.6 Å². The van der Waals surface area contributed by atoms with E-state index in [-0.39, 0.29) is 47.5 Å². The van der Waals surface area contributed by atoms with E-state index in [2.05, 4.69) is 9.89 Å². The minimum Gasteiger partial charge on any atom is -0.495 e. The van der Waals surface area contributed by atoms with Gasteiger partial charge in [0.15, 0.2) is 0 Å². The fourth-order valence-corrected chi connectivity index (χ4v) is 2.97. The van der Waals surface area contributed by atoms with Crippen molar-refractivity contribution < 1.29 is 42.1 Å². The number of aliphatic carboxylic acids is 1. The Morgan fingerprint density at radius 1 is 1.20 bits per heavy atom. The van der Waals surface area contributed by atoms with E-state index >= 15 is 0 Å². The van der Waals surface area contributed by atoms with E-state index in [9.17, 15) is 18.0 Å². The highest BCUT2D eigenvalue weighted by Crippen LogP contribution is 2.28. The summed E-state index contributed by atoms with van der Waals surface area (Å²) in [5, 5.41) is 21.4. The summed E-state index contributed by atoms with van der Waals surface area (Å²) in [6.07, 6.45) is -3.85. The Balaban J connectivity index is 2.33. The standard InChI is InChI=1S/C23H22ClF3N2O6/c1-3-34-29-12-17(22(32-2)15-5-7-16(8-6-15)35-23(25,26)27)19(28)13-33-20-10-14(11-21(30)31)4-9-18(20)24/h4-10,12,28H,3,11,13H2,1-2H3,(H,30,31)/b22-17-,28-19?,29-12+. The summed E-state index contributed by atoms with van der Waals surface area (Å²) >= 11 is 6.13. The Labute approximate surface area is 204 Å². The van der Waals surface area contributed by atoms with Gasteiger partial charge in [0.05, 0.1) is 36.1 Å². The summed E-state index contributed by atoms with van der Waals surface area (Å²) in [6.45, 7) is 1.65. The average molecular weight is 515 g/mol. The third-order valence-electron chi connectivity index (χ3n) is 4.23. The molecule has 0 atom stereocenters. The molecule has 188 valence electrons. The van der Waals surface area contributed by atoms with E-state index in [0.29, 0.717) is 11.1 Å². The van der Waals surface area contributed by atoms with Crippen LogP contribution in [0.5, 0.6) is 11.5 Å². The number of carboxylic acids is 1. The van der Waals surface area contributed by atoms with Crippen molar-refractivity contribution in [3.8, 4) is 11.5 Å². The number of rotatable bonds is 12. The zero-order valence-corrected chi connectivity index (χ0v) is 19.4. The average Bonchev–Trinajstić information content (AvgIpc) is 2.78. The number of oxime groups is 1. The quantitative estimate of drug-likeness (QED) is 0.224. The lowest BCUT2D eigenvalue weighted by atomic mass is 10.0. The van der Waals surface area contributed by atoms with Crippen molar-refractivity contribution in [3.05, 3.63) is 64.2 Å². The number of alkyl halides is 3. The maximum absolute atomic E-state index is 12.4. The van der Waals surface area contributed by atoms with Gasteiger partial charge in [0.1, 0.15) is 30.5 Å². The van der Waals surface area contributed by atoms with E-state index in [4.69, 9.17) is 36.4 Å². The molecule has 0 saturated carbocycles. The number of halogens is 4. The lowest BCUT2D eigenvalue weighted by molar-refractivity contribution is -0.274. The highest BCUT2D eigenvalue weighted by atomic mass is 35.5. The minimum absolute atomic E-state index is 0.117. The lowest BCUT2D eigenvalue weighted by Crippen LogP contribution is -2.17. The molecule has 2 aromatic rings. The highest BCUT2D eigenvalue weighted by Gasteiger charge is 2.31. The molecule has 0 aliphatic rings. The second-order valence-electron chi connectivity index (χ2n) is 6.77. The monoisotopic (exact) mass is 514 g/mol. The van der Waals surface area contributed by atoms with Gasteiger partial charge in [-0.05, 0) is 48.9 Å². The molecule has 8 nitrogen and oxygen atoms in total. The van der Waals surface area contributed by atoms with Crippen LogP contribution in [0.1, 0.15) is 18.1 Å². The van der Waals surface area contributed by atoms with E-state index in [0.717, 1.165) is 12.1 Å². The van der Waals surface area contributed by atoms with E-state index in [1.54, 1.807) is 13.0 Å². The molecule has 0 aliphatic heterocycles. The number of nitrogens with zero attached hydrogens (tertiary/aromatic N) is 1. The van der Waals surface area contributed by atoms with Crippen LogP contribution in [-0.2, 0) is 20.8 Å². The van der Waals surface area contributed by atoms with Crippen LogP contribution in [0.15, 0.2) is 53.2 Å². The van der Waals surface area contributed by atoms with Crippen LogP contribution in [0.4, 0.5) is 13.2 Å². The van der Waals surface area contributed by atoms with Gasteiger partial charge in [-0.1, -0.05) is 22.8 Å². The molecule has 2 N–H and O–H groups in total. The number of methoxy groups -OCH3 is 1. The number of nitrogens with one attached hydrogen (secondary N) is 1. The molecule has 0 aliphatic carbocycles. The lowest BCUT2D eigenvalue weighted by Gasteiger charge is -2.15. The SMILES string of the molecule is CCO/N=C/C(C(=N)COc1cc(CC(=O)O)ccc1Cl)=C(/OC)c1ccc(OC(F)(F)F)cc1. The van der Waals surface area contributed by atoms with E-state index < -0.39 is 18.1 Å². The van der Waals surface area contributed by atoms with Gasteiger partial charge < -0.3 is 29.6 Å². The van der Waals surface area contributed by atoms with Crippen LogP contribution in [0.2, 0.25) is 5.02 Å². The number of carbonyl (C=O) groups is 1. The Morgan fingerprint density at radius 2 is 1.89 bits per heavy atom.